The van der Waals surface area contributed by atoms with Crippen molar-refractivity contribution in [2.75, 3.05) is 20.1 Å². The summed E-state index contributed by atoms with van der Waals surface area (Å²) in [5, 5.41) is 10.4. The lowest BCUT2D eigenvalue weighted by molar-refractivity contribution is -0.123. The smallest absolute Gasteiger partial charge is 0.123 e. The molecule has 3 unspecified atom stereocenters. The van der Waals surface area contributed by atoms with Gasteiger partial charge in [0.2, 0.25) is 0 Å². The van der Waals surface area contributed by atoms with Gasteiger partial charge in [-0.15, -0.1) is 0 Å². The maximum Gasteiger partial charge on any atom is 0.123 e. The van der Waals surface area contributed by atoms with Crippen molar-refractivity contribution in [3.8, 4) is 0 Å². The summed E-state index contributed by atoms with van der Waals surface area (Å²) in [6.07, 6.45) is 5.93. The molecule has 0 aromatic rings. The minimum Gasteiger partial charge on any atom is -0.377 e. The SMILES string of the molecule is CCC1C(O)N(C)C(CN)CN1C1CCCC1. The number of nitrogens with two attached hydrogens (primary N) is 1. The summed E-state index contributed by atoms with van der Waals surface area (Å²) in [6.45, 7) is 3.83. The van der Waals surface area contributed by atoms with Crippen LogP contribution in [-0.4, -0.2) is 59.4 Å². The lowest BCUT2D eigenvalue weighted by Crippen LogP contribution is -2.65. The summed E-state index contributed by atoms with van der Waals surface area (Å²) in [7, 11) is 2.00. The second kappa shape index (κ2) is 5.65. The largest absolute Gasteiger partial charge is 0.377 e. The van der Waals surface area contributed by atoms with Gasteiger partial charge >= 0.3 is 0 Å². The van der Waals surface area contributed by atoms with Crippen LogP contribution in [0.4, 0.5) is 0 Å². The molecule has 17 heavy (non-hydrogen) atoms. The molecule has 0 amide bonds. The van der Waals surface area contributed by atoms with E-state index >= 15 is 0 Å². The van der Waals surface area contributed by atoms with Crippen molar-refractivity contribution < 1.29 is 5.11 Å². The Bertz CT molecular complexity index is 243. The summed E-state index contributed by atoms with van der Waals surface area (Å²) in [5.41, 5.74) is 5.82. The van der Waals surface area contributed by atoms with Gasteiger partial charge in [-0.1, -0.05) is 19.8 Å². The second-order valence-electron chi connectivity index (χ2n) is 5.58. The quantitative estimate of drug-likeness (QED) is 0.760. The van der Waals surface area contributed by atoms with Crippen LogP contribution in [0.2, 0.25) is 0 Å². The van der Waals surface area contributed by atoms with E-state index in [4.69, 9.17) is 5.73 Å². The van der Waals surface area contributed by atoms with Gasteiger partial charge < -0.3 is 10.8 Å². The second-order valence-corrected chi connectivity index (χ2v) is 5.58. The van der Waals surface area contributed by atoms with Crippen LogP contribution < -0.4 is 5.73 Å². The molecule has 1 aliphatic carbocycles. The van der Waals surface area contributed by atoms with Crippen LogP contribution in [0.15, 0.2) is 0 Å². The predicted molar refractivity (Wildman–Crippen MR) is 69.7 cm³/mol. The topological polar surface area (TPSA) is 52.7 Å². The minimum absolute atomic E-state index is 0.283. The molecule has 4 nitrogen and oxygen atoms in total. The van der Waals surface area contributed by atoms with E-state index in [1.807, 2.05) is 7.05 Å². The van der Waals surface area contributed by atoms with Crippen molar-refractivity contribution in [2.45, 2.75) is 63.4 Å². The third kappa shape index (κ3) is 2.50. The van der Waals surface area contributed by atoms with E-state index in [1.165, 1.54) is 25.7 Å². The highest BCUT2D eigenvalue weighted by molar-refractivity contribution is 4.94. The van der Waals surface area contributed by atoms with Gasteiger partial charge in [-0.3, -0.25) is 9.80 Å². The fourth-order valence-electron chi connectivity index (χ4n) is 3.51. The Balaban J connectivity index is 2.11. The molecule has 0 spiro atoms. The highest BCUT2D eigenvalue weighted by atomic mass is 16.3. The minimum atomic E-state index is -0.358. The Labute approximate surface area is 105 Å². The van der Waals surface area contributed by atoms with Crippen LogP contribution in [0.3, 0.4) is 0 Å². The number of likely N-dealkylation sites (N-methyl/N-ethyl adjacent to an activating group) is 1. The van der Waals surface area contributed by atoms with E-state index in [0.29, 0.717) is 18.6 Å². The number of aliphatic hydroxyl groups excluding tert-OH is 1. The molecule has 0 aromatic carbocycles. The van der Waals surface area contributed by atoms with Crippen molar-refractivity contribution in [1.82, 2.24) is 9.80 Å². The van der Waals surface area contributed by atoms with Crippen LogP contribution in [0, 0.1) is 0 Å². The first-order valence-corrected chi connectivity index (χ1v) is 7.04. The van der Waals surface area contributed by atoms with E-state index in [9.17, 15) is 5.11 Å². The Hall–Kier alpha value is -0.160. The van der Waals surface area contributed by atoms with E-state index < -0.39 is 0 Å². The summed E-state index contributed by atoms with van der Waals surface area (Å²) in [6, 6.07) is 1.26. The molecule has 2 fully saturated rings. The van der Waals surface area contributed by atoms with E-state index in [2.05, 4.69) is 16.7 Å². The molecule has 2 rings (SSSR count). The lowest BCUT2D eigenvalue weighted by Gasteiger charge is -2.50. The Kier molecular flexibility index (Phi) is 4.42. The van der Waals surface area contributed by atoms with E-state index in [1.54, 1.807) is 0 Å². The molecule has 0 bridgehead atoms. The third-order valence-corrected chi connectivity index (χ3v) is 4.67. The number of nitrogens with zero attached hydrogens (tertiary/aromatic N) is 2. The predicted octanol–water partition coefficient (Wildman–Crippen LogP) is 0.601. The van der Waals surface area contributed by atoms with Gasteiger partial charge in [0.15, 0.2) is 0 Å². The summed E-state index contributed by atoms with van der Waals surface area (Å²) in [4.78, 5) is 4.59. The molecule has 1 saturated heterocycles. The number of rotatable bonds is 3. The van der Waals surface area contributed by atoms with E-state index in [0.717, 1.165) is 13.0 Å². The average molecular weight is 241 g/mol. The highest BCUT2D eigenvalue weighted by Gasteiger charge is 2.40. The molecule has 100 valence electrons. The zero-order valence-electron chi connectivity index (χ0n) is 11.2. The third-order valence-electron chi connectivity index (χ3n) is 4.67. The van der Waals surface area contributed by atoms with Crippen LogP contribution >= 0.6 is 0 Å². The maximum absolute atomic E-state index is 10.4. The Morgan fingerprint density at radius 2 is 1.94 bits per heavy atom. The average Bonchev–Trinajstić information content (AvgIpc) is 2.86. The monoisotopic (exact) mass is 241 g/mol. The molecule has 0 radical (unpaired) electrons. The molecular weight excluding hydrogens is 214 g/mol. The number of aliphatic hydroxyl groups is 1. The molecule has 3 N–H and O–H groups in total. The fraction of sp³-hybridized carbons (Fsp3) is 1.00. The molecule has 1 aliphatic heterocycles. The number of hydrogen-bond donors (Lipinski definition) is 2. The van der Waals surface area contributed by atoms with Crippen molar-refractivity contribution in [3.05, 3.63) is 0 Å². The van der Waals surface area contributed by atoms with E-state index in [-0.39, 0.29) is 12.3 Å². The fourth-order valence-corrected chi connectivity index (χ4v) is 3.51. The molecule has 1 heterocycles. The van der Waals surface area contributed by atoms with Crippen LogP contribution in [0.5, 0.6) is 0 Å². The molecule has 0 aromatic heterocycles. The van der Waals surface area contributed by atoms with Crippen LogP contribution in [0.25, 0.3) is 0 Å². The highest BCUT2D eigenvalue weighted by Crippen LogP contribution is 2.30. The van der Waals surface area contributed by atoms with Crippen molar-refractivity contribution in [3.63, 3.8) is 0 Å². The Morgan fingerprint density at radius 3 is 2.47 bits per heavy atom. The van der Waals surface area contributed by atoms with Gasteiger partial charge in [0.05, 0.1) is 0 Å². The van der Waals surface area contributed by atoms with Crippen molar-refractivity contribution in [2.24, 2.45) is 5.73 Å². The Morgan fingerprint density at radius 1 is 1.29 bits per heavy atom. The standard InChI is InChI=1S/C13H27N3O/c1-3-12-13(17)15(2)11(8-14)9-16(12)10-6-4-5-7-10/h10-13,17H,3-9,14H2,1-2H3. The number of hydrogen-bond acceptors (Lipinski definition) is 4. The van der Waals surface area contributed by atoms with Crippen molar-refractivity contribution in [1.29, 1.82) is 0 Å². The zero-order valence-corrected chi connectivity index (χ0v) is 11.2. The van der Waals surface area contributed by atoms with Crippen molar-refractivity contribution >= 4 is 0 Å². The van der Waals surface area contributed by atoms with Gasteiger partial charge in [0, 0.05) is 31.2 Å². The molecule has 2 aliphatic rings. The van der Waals surface area contributed by atoms with Crippen LogP contribution in [-0.2, 0) is 0 Å². The van der Waals surface area contributed by atoms with Gasteiger partial charge in [0.25, 0.3) is 0 Å². The van der Waals surface area contributed by atoms with Gasteiger partial charge in [-0.25, -0.2) is 0 Å². The normalized spacial score (nSPS) is 37.8. The van der Waals surface area contributed by atoms with Gasteiger partial charge in [-0.2, -0.15) is 0 Å². The van der Waals surface area contributed by atoms with Gasteiger partial charge in [-0.05, 0) is 26.3 Å². The van der Waals surface area contributed by atoms with Crippen LogP contribution in [0.1, 0.15) is 39.0 Å². The first-order valence-electron chi connectivity index (χ1n) is 7.04. The maximum atomic E-state index is 10.4. The molecular formula is C13H27N3O. The number of piperazine rings is 1. The summed E-state index contributed by atoms with van der Waals surface area (Å²) in [5.74, 6) is 0. The molecule has 4 heteroatoms. The van der Waals surface area contributed by atoms with Gasteiger partial charge in [0.1, 0.15) is 6.23 Å². The lowest BCUT2D eigenvalue weighted by atomic mass is 9.99. The first-order chi connectivity index (χ1) is 8.19. The molecule has 3 atom stereocenters. The summed E-state index contributed by atoms with van der Waals surface area (Å²) < 4.78 is 0. The molecule has 1 saturated carbocycles. The first kappa shape index (κ1) is 13.3. The summed E-state index contributed by atoms with van der Waals surface area (Å²) >= 11 is 0. The zero-order chi connectivity index (χ0) is 12.4.